The van der Waals surface area contributed by atoms with Crippen LogP contribution in [0.3, 0.4) is 0 Å². The molecule has 1 amide bonds. The first-order chi connectivity index (χ1) is 9.51. The summed E-state index contributed by atoms with van der Waals surface area (Å²) in [5.41, 5.74) is 7.47. The third-order valence-electron chi connectivity index (χ3n) is 2.58. The van der Waals surface area contributed by atoms with Crippen molar-refractivity contribution in [2.45, 2.75) is 0 Å². The molecule has 20 heavy (non-hydrogen) atoms. The minimum atomic E-state index is -0.404. The van der Waals surface area contributed by atoms with Crippen molar-refractivity contribution in [3.8, 4) is 12.3 Å². The number of hydrogen-bond acceptors (Lipinski definition) is 2. The Balaban J connectivity index is 2.31. The van der Waals surface area contributed by atoms with Gasteiger partial charge >= 0.3 is 0 Å². The molecule has 3 N–H and O–H groups in total. The van der Waals surface area contributed by atoms with Gasteiger partial charge in [0.25, 0.3) is 5.91 Å². The summed E-state index contributed by atoms with van der Waals surface area (Å²) in [5.74, 6) is 2.09. The molecule has 0 heterocycles. The monoisotopic (exact) mass is 304 g/mol. The first kappa shape index (κ1) is 14.3. The van der Waals surface area contributed by atoms with Crippen LogP contribution < -0.4 is 11.1 Å². The normalized spacial score (nSPS) is 9.85. The standard InChI is InChI=1S/C15H10Cl2N2O/c1-2-9-4-3-5-11(6-9)19-15(20)12-7-10(18)8-13(16)14(12)17/h1,3-8H,18H2,(H,19,20). The van der Waals surface area contributed by atoms with E-state index in [2.05, 4.69) is 11.2 Å². The molecule has 0 saturated heterocycles. The predicted molar refractivity (Wildman–Crippen MR) is 83.2 cm³/mol. The van der Waals surface area contributed by atoms with E-state index in [9.17, 15) is 4.79 Å². The van der Waals surface area contributed by atoms with Gasteiger partial charge in [0.1, 0.15) is 0 Å². The molecular weight excluding hydrogens is 295 g/mol. The highest BCUT2D eigenvalue weighted by molar-refractivity contribution is 6.44. The van der Waals surface area contributed by atoms with Crippen LogP contribution in [0, 0.1) is 12.3 Å². The van der Waals surface area contributed by atoms with E-state index < -0.39 is 5.91 Å². The Morgan fingerprint density at radius 3 is 2.70 bits per heavy atom. The van der Waals surface area contributed by atoms with Crippen LogP contribution in [0.15, 0.2) is 36.4 Å². The number of nitrogen functional groups attached to an aromatic ring is 1. The number of amides is 1. The van der Waals surface area contributed by atoms with Gasteiger partial charge in [0, 0.05) is 16.9 Å². The second-order valence-corrected chi connectivity index (χ2v) is 4.83. The highest BCUT2D eigenvalue weighted by Gasteiger charge is 2.14. The lowest BCUT2D eigenvalue weighted by Crippen LogP contribution is -2.13. The van der Waals surface area contributed by atoms with Gasteiger partial charge in [-0.25, -0.2) is 0 Å². The van der Waals surface area contributed by atoms with E-state index in [1.807, 2.05) is 0 Å². The summed E-state index contributed by atoms with van der Waals surface area (Å²) in [4.78, 5) is 12.2. The van der Waals surface area contributed by atoms with Crippen molar-refractivity contribution in [3.05, 3.63) is 57.6 Å². The maximum atomic E-state index is 12.2. The lowest BCUT2D eigenvalue weighted by molar-refractivity contribution is 0.102. The lowest BCUT2D eigenvalue weighted by Gasteiger charge is -2.09. The number of terminal acetylenes is 1. The van der Waals surface area contributed by atoms with E-state index in [0.29, 0.717) is 16.9 Å². The lowest BCUT2D eigenvalue weighted by atomic mass is 10.1. The van der Waals surface area contributed by atoms with Crippen molar-refractivity contribution in [2.24, 2.45) is 0 Å². The van der Waals surface area contributed by atoms with Crippen LogP contribution in [0.2, 0.25) is 10.0 Å². The van der Waals surface area contributed by atoms with Crippen molar-refractivity contribution in [3.63, 3.8) is 0 Å². The molecule has 0 spiro atoms. The first-order valence-electron chi connectivity index (χ1n) is 5.64. The van der Waals surface area contributed by atoms with E-state index in [4.69, 9.17) is 35.4 Å². The zero-order chi connectivity index (χ0) is 14.7. The maximum absolute atomic E-state index is 12.2. The maximum Gasteiger partial charge on any atom is 0.257 e. The molecule has 2 rings (SSSR count). The summed E-state index contributed by atoms with van der Waals surface area (Å²) in [7, 11) is 0. The smallest absolute Gasteiger partial charge is 0.257 e. The molecule has 0 aliphatic heterocycles. The van der Waals surface area contributed by atoms with Gasteiger partial charge in [-0.3, -0.25) is 4.79 Å². The molecule has 0 saturated carbocycles. The number of hydrogen-bond donors (Lipinski definition) is 2. The average molecular weight is 305 g/mol. The molecule has 0 atom stereocenters. The molecule has 0 bridgehead atoms. The molecule has 2 aromatic carbocycles. The van der Waals surface area contributed by atoms with Crippen LogP contribution in [0.25, 0.3) is 0 Å². The number of nitrogens with one attached hydrogen (secondary N) is 1. The van der Waals surface area contributed by atoms with Gasteiger partial charge in [-0.05, 0) is 30.3 Å². The number of carbonyl (C=O) groups excluding carboxylic acids is 1. The fraction of sp³-hybridized carbons (Fsp3) is 0. The van der Waals surface area contributed by atoms with Crippen molar-refractivity contribution in [2.75, 3.05) is 11.1 Å². The number of halogens is 2. The number of nitrogens with two attached hydrogens (primary N) is 1. The van der Waals surface area contributed by atoms with Crippen molar-refractivity contribution < 1.29 is 4.79 Å². The van der Waals surface area contributed by atoms with Gasteiger partial charge in [0.2, 0.25) is 0 Å². The fourth-order valence-electron chi connectivity index (χ4n) is 1.66. The Bertz CT molecular complexity index is 720. The highest BCUT2D eigenvalue weighted by atomic mass is 35.5. The topological polar surface area (TPSA) is 55.1 Å². The average Bonchev–Trinajstić information content (AvgIpc) is 2.43. The van der Waals surface area contributed by atoms with E-state index >= 15 is 0 Å². The SMILES string of the molecule is C#Cc1cccc(NC(=O)c2cc(N)cc(Cl)c2Cl)c1. The van der Waals surface area contributed by atoms with Crippen LogP contribution in [0.1, 0.15) is 15.9 Å². The summed E-state index contributed by atoms with van der Waals surface area (Å²) in [6, 6.07) is 9.87. The quantitative estimate of drug-likeness (QED) is 0.655. The van der Waals surface area contributed by atoms with Crippen LogP contribution in [0.4, 0.5) is 11.4 Å². The Morgan fingerprint density at radius 1 is 1.25 bits per heavy atom. The van der Waals surface area contributed by atoms with E-state index in [0.717, 1.165) is 0 Å². The zero-order valence-electron chi connectivity index (χ0n) is 10.3. The third kappa shape index (κ3) is 3.05. The molecule has 100 valence electrons. The highest BCUT2D eigenvalue weighted by Crippen LogP contribution is 2.29. The Kier molecular flexibility index (Phi) is 4.19. The molecule has 0 aliphatic carbocycles. The van der Waals surface area contributed by atoms with Gasteiger partial charge in [-0.1, -0.05) is 35.2 Å². The number of carbonyl (C=O) groups is 1. The van der Waals surface area contributed by atoms with E-state index in [-0.39, 0.29) is 15.6 Å². The molecule has 0 unspecified atom stereocenters. The molecule has 0 radical (unpaired) electrons. The van der Waals surface area contributed by atoms with Gasteiger partial charge in [0.05, 0.1) is 15.6 Å². The molecule has 0 aromatic heterocycles. The second kappa shape index (κ2) is 5.87. The second-order valence-electron chi connectivity index (χ2n) is 4.04. The first-order valence-corrected chi connectivity index (χ1v) is 6.39. The van der Waals surface area contributed by atoms with E-state index in [1.165, 1.54) is 12.1 Å². The summed E-state index contributed by atoms with van der Waals surface area (Å²) < 4.78 is 0. The van der Waals surface area contributed by atoms with E-state index in [1.54, 1.807) is 24.3 Å². The minimum absolute atomic E-state index is 0.159. The largest absolute Gasteiger partial charge is 0.399 e. The zero-order valence-corrected chi connectivity index (χ0v) is 11.8. The molecule has 5 heteroatoms. The Labute approximate surface area is 126 Å². The summed E-state index contributed by atoms with van der Waals surface area (Å²) in [6.45, 7) is 0. The van der Waals surface area contributed by atoms with Gasteiger partial charge in [-0.2, -0.15) is 0 Å². The summed E-state index contributed by atoms with van der Waals surface area (Å²) in [5, 5.41) is 3.08. The van der Waals surface area contributed by atoms with Crippen LogP contribution >= 0.6 is 23.2 Å². The fourth-order valence-corrected chi connectivity index (χ4v) is 2.08. The number of rotatable bonds is 2. The van der Waals surface area contributed by atoms with Crippen LogP contribution in [-0.4, -0.2) is 5.91 Å². The molecule has 2 aromatic rings. The van der Waals surface area contributed by atoms with Gasteiger partial charge in [0.15, 0.2) is 0 Å². The Hall–Kier alpha value is -2.15. The summed E-state index contributed by atoms with van der Waals surface area (Å²) >= 11 is 11.9. The molecule has 0 aliphatic rings. The number of anilines is 2. The minimum Gasteiger partial charge on any atom is -0.399 e. The van der Waals surface area contributed by atoms with Crippen LogP contribution in [-0.2, 0) is 0 Å². The van der Waals surface area contributed by atoms with Crippen LogP contribution in [0.5, 0.6) is 0 Å². The van der Waals surface area contributed by atoms with Gasteiger partial charge in [-0.15, -0.1) is 6.42 Å². The summed E-state index contributed by atoms with van der Waals surface area (Å²) in [6.07, 6.45) is 5.31. The third-order valence-corrected chi connectivity index (χ3v) is 3.38. The van der Waals surface area contributed by atoms with Gasteiger partial charge < -0.3 is 11.1 Å². The van der Waals surface area contributed by atoms with Crippen molar-refractivity contribution in [1.82, 2.24) is 0 Å². The number of benzene rings is 2. The predicted octanol–water partition coefficient (Wildman–Crippen LogP) is 3.81. The van der Waals surface area contributed by atoms with Crippen molar-refractivity contribution in [1.29, 1.82) is 0 Å². The van der Waals surface area contributed by atoms with Crippen molar-refractivity contribution >= 4 is 40.5 Å². The molecular formula is C15H10Cl2N2O. The molecule has 3 nitrogen and oxygen atoms in total. The molecule has 0 fully saturated rings. The Morgan fingerprint density at radius 2 is 2.00 bits per heavy atom.